The molecule has 2 aromatic carbocycles. The van der Waals surface area contributed by atoms with Gasteiger partial charge < -0.3 is 10.1 Å². The first kappa shape index (κ1) is 18.0. The molecule has 6 heteroatoms. The molecule has 0 heterocycles. The van der Waals surface area contributed by atoms with Gasteiger partial charge in [0, 0.05) is 21.8 Å². The topological polar surface area (TPSA) is 55.4 Å². The average molecular weight is 364 g/mol. The lowest BCUT2D eigenvalue weighted by atomic mass is 10.2. The normalized spacial score (nSPS) is 12.0. The number of hydrogen-bond donors (Lipinski definition) is 1. The van der Waals surface area contributed by atoms with E-state index in [0.717, 1.165) is 0 Å². The van der Waals surface area contributed by atoms with Crippen LogP contribution in [-0.2, 0) is 14.3 Å². The van der Waals surface area contributed by atoms with Crippen molar-refractivity contribution in [3.05, 3.63) is 70.2 Å². The largest absolute Gasteiger partial charge is 0.449 e. The van der Waals surface area contributed by atoms with E-state index in [4.69, 9.17) is 27.9 Å². The molecule has 0 aliphatic heterocycles. The zero-order valence-corrected chi connectivity index (χ0v) is 14.3. The number of esters is 1. The molecule has 0 unspecified atom stereocenters. The van der Waals surface area contributed by atoms with Crippen molar-refractivity contribution in [2.45, 2.75) is 13.0 Å². The molecule has 0 fully saturated rings. The highest BCUT2D eigenvalue weighted by Crippen LogP contribution is 2.16. The van der Waals surface area contributed by atoms with Crippen molar-refractivity contribution in [3.8, 4) is 0 Å². The second kappa shape index (κ2) is 8.52. The van der Waals surface area contributed by atoms with Crippen LogP contribution in [0, 0.1) is 0 Å². The fourth-order valence-corrected chi connectivity index (χ4v) is 2.14. The number of amides is 1. The van der Waals surface area contributed by atoms with Gasteiger partial charge in [-0.25, -0.2) is 4.79 Å². The van der Waals surface area contributed by atoms with E-state index in [2.05, 4.69) is 5.32 Å². The lowest BCUT2D eigenvalue weighted by Crippen LogP contribution is -2.29. The molecule has 0 aliphatic carbocycles. The lowest BCUT2D eigenvalue weighted by molar-refractivity contribution is -0.148. The highest BCUT2D eigenvalue weighted by atomic mass is 35.5. The molecule has 0 radical (unpaired) electrons. The molecule has 124 valence electrons. The molecule has 0 saturated heterocycles. The Morgan fingerprint density at radius 1 is 1.08 bits per heavy atom. The average Bonchev–Trinajstić information content (AvgIpc) is 2.56. The van der Waals surface area contributed by atoms with Crippen LogP contribution in [0.4, 0.5) is 5.69 Å². The highest BCUT2D eigenvalue weighted by Gasteiger charge is 2.16. The van der Waals surface area contributed by atoms with Gasteiger partial charge in [0.15, 0.2) is 6.10 Å². The van der Waals surface area contributed by atoms with Gasteiger partial charge in [-0.1, -0.05) is 41.4 Å². The third-order valence-corrected chi connectivity index (χ3v) is 3.67. The van der Waals surface area contributed by atoms with Gasteiger partial charge in [-0.2, -0.15) is 0 Å². The summed E-state index contributed by atoms with van der Waals surface area (Å²) in [6.07, 6.45) is 1.82. The second-order valence-corrected chi connectivity index (χ2v) is 5.77. The van der Waals surface area contributed by atoms with Crippen LogP contribution in [0.5, 0.6) is 0 Å². The van der Waals surface area contributed by atoms with Gasteiger partial charge in [0.1, 0.15) is 0 Å². The van der Waals surface area contributed by atoms with Crippen molar-refractivity contribution in [2.75, 3.05) is 5.32 Å². The van der Waals surface area contributed by atoms with Crippen LogP contribution in [-0.4, -0.2) is 18.0 Å². The summed E-state index contributed by atoms with van der Waals surface area (Å²) in [5.74, 6) is -1.06. The van der Waals surface area contributed by atoms with Gasteiger partial charge in [-0.3, -0.25) is 4.79 Å². The maximum atomic E-state index is 12.0. The Bertz CT molecular complexity index is 757. The minimum Gasteiger partial charge on any atom is -0.449 e. The van der Waals surface area contributed by atoms with Crippen LogP contribution in [0.3, 0.4) is 0 Å². The van der Waals surface area contributed by atoms with Crippen molar-refractivity contribution in [1.29, 1.82) is 0 Å². The van der Waals surface area contributed by atoms with Gasteiger partial charge in [0.25, 0.3) is 5.91 Å². The smallest absolute Gasteiger partial charge is 0.331 e. The molecule has 2 aromatic rings. The van der Waals surface area contributed by atoms with E-state index in [0.29, 0.717) is 21.3 Å². The Morgan fingerprint density at radius 2 is 1.75 bits per heavy atom. The van der Waals surface area contributed by atoms with E-state index < -0.39 is 18.0 Å². The summed E-state index contributed by atoms with van der Waals surface area (Å²) in [6, 6.07) is 13.7. The van der Waals surface area contributed by atoms with Gasteiger partial charge >= 0.3 is 5.97 Å². The van der Waals surface area contributed by atoms with E-state index in [1.54, 1.807) is 48.5 Å². The number of halogens is 2. The van der Waals surface area contributed by atoms with Gasteiger partial charge in [0.05, 0.1) is 0 Å². The SMILES string of the molecule is C[C@H](OC(=O)/C=C/c1ccccc1Cl)C(=O)Nc1ccc(Cl)cc1. The van der Waals surface area contributed by atoms with Crippen LogP contribution in [0.15, 0.2) is 54.6 Å². The van der Waals surface area contributed by atoms with E-state index >= 15 is 0 Å². The molecular weight excluding hydrogens is 349 g/mol. The third-order valence-electron chi connectivity index (χ3n) is 3.08. The Kier molecular flexibility index (Phi) is 6.41. The van der Waals surface area contributed by atoms with Crippen LogP contribution in [0.1, 0.15) is 12.5 Å². The number of hydrogen-bond acceptors (Lipinski definition) is 3. The summed E-state index contributed by atoms with van der Waals surface area (Å²) in [5.41, 5.74) is 1.26. The summed E-state index contributed by atoms with van der Waals surface area (Å²) in [4.78, 5) is 23.8. The number of nitrogens with one attached hydrogen (secondary N) is 1. The Balaban J connectivity index is 1.90. The number of carbonyl (C=O) groups excluding carboxylic acids is 2. The van der Waals surface area contributed by atoms with E-state index in [1.165, 1.54) is 19.1 Å². The van der Waals surface area contributed by atoms with Gasteiger partial charge in [-0.15, -0.1) is 0 Å². The molecule has 0 spiro atoms. The number of carbonyl (C=O) groups is 2. The van der Waals surface area contributed by atoms with Crippen molar-refractivity contribution >= 4 is 46.8 Å². The molecule has 1 amide bonds. The summed E-state index contributed by atoms with van der Waals surface area (Å²) in [7, 11) is 0. The van der Waals surface area contributed by atoms with Gasteiger partial charge in [0.2, 0.25) is 0 Å². The van der Waals surface area contributed by atoms with Crippen molar-refractivity contribution in [2.24, 2.45) is 0 Å². The molecule has 1 N–H and O–H groups in total. The predicted molar refractivity (Wildman–Crippen MR) is 96.1 cm³/mol. The monoisotopic (exact) mass is 363 g/mol. The Hall–Kier alpha value is -2.30. The highest BCUT2D eigenvalue weighted by molar-refractivity contribution is 6.32. The zero-order valence-electron chi connectivity index (χ0n) is 12.8. The first-order valence-corrected chi connectivity index (χ1v) is 7.91. The first-order chi connectivity index (χ1) is 11.5. The molecule has 0 saturated carbocycles. The van der Waals surface area contributed by atoms with Crippen LogP contribution in [0.2, 0.25) is 10.0 Å². The fourth-order valence-electron chi connectivity index (χ4n) is 1.81. The standard InChI is InChI=1S/C18H15Cl2NO3/c1-12(18(23)21-15-9-7-14(19)8-10-15)24-17(22)11-6-13-4-2-3-5-16(13)20/h2-12H,1H3,(H,21,23)/b11-6+/t12-/m0/s1. The van der Waals surface area contributed by atoms with Crippen molar-refractivity contribution in [1.82, 2.24) is 0 Å². The Morgan fingerprint density at radius 3 is 2.42 bits per heavy atom. The summed E-state index contributed by atoms with van der Waals surface area (Å²) >= 11 is 11.8. The van der Waals surface area contributed by atoms with E-state index in [1.807, 2.05) is 0 Å². The maximum Gasteiger partial charge on any atom is 0.331 e. The quantitative estimate of drug-likeness (QED) is 0.624. The molecule has 0 aliphatic rings. The number of rotatable bonds is 5. The van der Waals surface area contributed by atoms with Crippen LogP contribution < -0.4 is 5.32 Å². The van der Waals surface area contributed by atoms with Gasteiger partial charge in [-0.05, 0) is 48.9 Å². The third kappa shape index (κ3) is 5.41. The molecule has 2 rings (SSSR count). The lowest BCUT2D eigenvalue weighted by Gasteiger charge is -2.12. The summed E-state index contributed by atoms with van der Waals surface area (Å²) < 4.78 is 5.06. The number of benzene rings is 2. The number of anilines is 1. The predicted octanol–water partition coefficient (Wildman–Crippen LogP) is 4.58. The van der Waals surface area contributed by atoms with Crippen molar-refractivity contribution in [3.63, 3.8) is 0 Å². The van der Waals surface area contributed by atoms with E-state index in [9.17, 15) is 9.59 Å². The number of ether oxygens (including phenoxy) is 1. The molecule has 1 atom stereocenters. The summed E-state index contributed by atoms with van der Waals surface area (Å²) in [6.45, 7) is 1.49. The van der Waals surface area contributed by atoms with Crippen LogP contribution >= 0.6 is 23.2 Å². The zero-order chi connectivity index (χ0) is 17.5. The fraction of sp³-hybridized carbons (Fsp3) is 0.111. The van der Waals surface area contributed by atoms with E-state index in [-0.39, 0.29) is 0 Å². The summed E-state index contributed by atoms with van der Waals surface area (Å²) in [5, 5.41) is 3.73. The van der Waals surface area contributed by atoms with Crippen molar-refractivity contribution < 1.29 is 14.3 Å². The molecule has 4 nitrogen and oxygen atoms in total. The Labute approximate surface area is 150 Å². The van der Waals surface area contributed by atoms with Crippen LogP contribution in [0.25, 0.3) is 6.08 Å². The maximum absolute atomic E-state index is 12.0. The minimum atomic E-state index is -0.941. The molecule has 0 bridgehead atoms. The molecule has 0 aromatic heterocycles. The second-order valence-electron chi connectivity index (χ2n) is 4.93. The molecule has 24 heavy (non-hydrogen) atoms. The minimum absolute atomic E-state index is 0.434. The molecular formula is C18H15Cl2NO3. The first-order valence-electron chi connectivity index (χ1n) is 7.15.